The first-order chi connectivity index (χ1) is 15.8. The number of thiocarbonyl (C=S) groups is 1. The molecule has 1 aliphatic rings. The van der Waals surface area contributed by atoms with E-state index in [1.54, 1.807) is 42.0 Å². The van der Waals surface area contributed by atoms with Crippen molar-refractivity contribution < 1.29 is 8.42 Å². The van der Waals surface area contributed by atoms with Crippen LogP contribution in [0.25, 0.3) is 10.9 Å². The Morgan fingerprint density at radius 2 is 1.88 bits per heavy atom. The molecule has 33 heavy (non-hydrogen) atoms. The second kappa shape index (κ2) is 10.0. The molecule has 0 amide bonds. The first-order valence-electron chi connectivity index (χ1n) is 11.1. The molecule has 1 saturated carbocycles. The number of H-pyrrole nitrogens is 1. The molecule has 7 nitrogen and oxygen atoms in total. The fourth-order valence-corrected chi connectivity index (χ4v) is 5.77. The van der Waals surface area contributed by atoms with Gasteiger partial charge in [0.05, 0.1) is 11.1 Å². The average molecular weight is 484 g/mol. The summed E-state index contributed by atoms with van der Waals surface area (Å²) in [5.41, 5.74) is 6.46. The molecule has 0 atom stereocenters. The van der Waals surface area contributed by atoms with Gasteiger partial charge in [0, 0.05) is 41.4 Å². The second-order valence-corrected chi connectivity index (χ2v) is 10.9. The summed E-state index contributed by atoms with van der Waals surface area (Å²) in [7, 11) is -1.87. The Morgan fingerprint density at radius 3 is 2.61 bits per heavy atom. The molecule has 1 heterocycles. The number of fused-ring (bicyclic) bond motifs is 1. The van der Waals surface area contributed by atoms with Crippen LogP contribution >= 0.6 is 12.2 Å². The normalized spacial score (nSPS) is 15.4. The summed E-state index contributed by atoms with van der Waals surface area (Å²) in [5.74, 6) is 0. The quantitative estimate of drug-likeness (QED) is 0.267. The monoisotopic (exact) mass is 483 g/mol. The molecule has 4 rings (SSSR count). The number of hydrogen-bond donors (Lipinski definition) is 3. The van der Waals surface area contributed by atoms with Crippen molar-refractivity contribution in [3.05, 3.63) is 59.8 Å². The zero-order chi connectivity index (χ0) is 23.4. The minimum Gasteiger partial charge on any atom is -0.361 e. The molecule has 1 aliphatic carbocycles. The molecule has 0 saturated heterocycles. The highest BCUT2D eigenvalue weighted by Crippen LogP contribution is 2.28. The van der Waals surface area contributed by atoms with Gasteiger partial charge in [0.15, 0.2) is 5.11 Å². The predicted molar refractivity (Wildman–Crippen MR) is 138 cm³/mol. The van der Waals surface area contributed by atoms with Crippen LogP contribution in [0.3, 0.4) is 0 Å². The maximum atomic E-state index is 13.3. The summed E-state index contributed by atoms with van der Waals surface area (Å²) >= 11 is 5.29. The number of nitrogens with one attached hydrogen (secondary N) is 3. The third-order valence-corrected chi connectivity index (χ3v) is 8.23. The largest absolute Gasteiger partial charge is 0.361 e. The van der Waals surface area contributed by atoms with Crippen LogP contribution in [-0.2, 0) is 10.0 Å². The van der Waals surface area contributed by atoms with Crippen LogP contribution in [0.15, 0.2) is 58.7 Å². The number of hydrazone groups is 1. The molecule has 3 aromatic rings. The Morgan fingerprint density at radius 1 is 1.15 bits per heavy atom. The summed E-state index contributed by atoms with van der Waals surface area (Å²) in [6.07, 6.45) is 8.60. The lowest BCUT2D eigenvalue weighted by molar-refractivity contribution is 0.286. The molecule has 0 spiro atoms. The SMILES string of the molecule is Cc1ccc(NC(=S)N/N=C\c2c[nH]c3ccc(S(=O)(=O)N(C)C4CCCCC4)cc23)cc1. The van der Waals surface area contributed by atoms with Gasteiger partial charge in [-0.15, -0.1) is 0 Å². The maximum absolute atomic E-state index is 13.3. The first-order valence-corrected chi connectivity index (χ1v) is 13.0. The number of sulfonamides is 1. The standard InChI is InChI=1S/C24H29N5O2S2/c1-17-8-10-19(11-9-17)27-24(32)28-26-16-18-15-25-23-13-12-21(14-22(18)23)33(30,31)29(2)20-6-4-3-5-7-20/h8-16,20,25H,3-7H2,1-2H3,(H2,27,28,32)/b26-16-. The van der Waals surface area contributed by atoms with Crippen LogP contribution in [0, 0.1) is 6.92 Å². The number of hydrogen-bond acceptors (Lipinski definition) is 4. The fourth-order valence-electron chi connectivity index (χ4n) is 4.15. The van der Waals surface area contributed by atoms with Crippen molar-refractivity contribution in [3.8, 4) is 0 Å². The van der Waals surface area contributed by atoms with Gasteiger partial charge in [-0.1, -0.05) is 37.0 Å². The fraction of sp³-hybridized carbons (Fsp3) is 0.333. The Balaban J connectivity index is 1.48. The Bertz CT molecular complexity index is 1260. The molecule has 9 heteroatoms. The lowest BCUT2D eigenvalue weighted by Crippen LogP contribution is -2.38. The lowest BCUT2D eigenvalue weighted by Gasteiger charge is -2.30. The van der Waals surface area contributed by atoms with Gasteiger partial charge in [0.2, 0.25) is 10.0 Å². The highest BCUT2D eigenvalue weighted by Gasteiger charge is 2.29. The van der Waals surface area contributed by atoms with Crippen LogP contribution in [0.1, 0.15) is 43.2 Å². The summed E-state index contributed by atoms with van der Waals surface area (Å²) < 4.78 is 28.0. The molecule has 0 bridgehead atoms. The van der Waals surface area contributed by atoms with E-state index in [9.17, 15) is 8.42 Å². The summed E-state index contributed by atoms with van der Waals surface area (Å²) in [4.78, 5) is 3.46. The van der Waals surface area contributed by atoms with E-state index in [0.29, 0.717) is 10.0 Å². The summed E-state index contributed by atoms with van der Waals surface area (Å²) in [5, 5.41) is 8.45. The lowest BCUT2D eigenvalue weighted by atomic mass is 9.96. The van der Waals surface area contributed by atoms with Gasteiger partial charge in [-0.05, 0) is 62.3 Å². The number of aryl methyl sites for hydroxylation is 1. The van der Waals surface area contributed by atoms with E-state index < -0.39 is 10.0 Å². The number of anilines is 1. The van der Waals surface area contributed by atoms with E-state index in [-0.39, 0.29) is 6.04 Å². The van der Waals surface area contributed by atoms with Crippen molar-refractivity contribution in [2.75, 3.05) is 12.4 Å². The topological polar surface area (TPSA) is 89.6 Å². The van der Waals surface area contributed by atoms with E-state index >= 15 is 0 Å². The van der Waals surface area contributed by atoms with E-state index in [1.165, 1.54) is 12.0 Å². The summed E-state index contributed by atoms with van der Waals surface area (Å²) in [6, 6.07) is 13.1. The average Bonchev–Trinajstić information content (AvgIpc) is 3.23. The van der Waals surface area contributed by atoms with E-state index in [0.717, 1.165) is 47.8 Å². The van der Waals surface area contributed by atoms with Crippen LogP contribution in [0.2, 0.25) is 0 Å². The third kappa shape index (κ3) is 5.43. The predicted octanol–water partition coefficient (Wildman–Crippen LogP) is 4.75. The molecular formula is C24H29N5O2S2. The van der Waals surface area contributed by atoms with Gasteiger partial charge in [0.25, 0.3) is 0 Å². The van der Waals surface area contributed by atoms with Crippen molar-refractivity contribution in [2.24, 2.45) is 5.10 Å². The van der Waals surface area contributed by atoms with Crippen molar-refractivity contribution >= 4 is 50.2 Å². The van der Waals surface area contributed by atoms with E-state index in [4.69, 9.17) is 12.2 Å². The molecule has 174 valence electrons. The van der Waals surface area contributed by atoms with Gasteiger partial charge < -0.3 is 10.3 Å². The molecule has 1 fully saturated rings. The Labute approximate surface area is 200 Å². The van der Waals surface area contributed by atoms with E-state index in [1.807, 2.05) is 31.2 Å². The van der Waals surface area contributed by atoms with Gasteiger partial charge in [-0.3, -0.25) is 5.43 Å². The minimum absolute atomic E-state index is 0.0675. The zero-order valence-electron chi connectivity index (χ0n) is 18.8. The van der Waals surface area contributed by atoms with Gasteiger partial charge in [0.1, 0.15) is 0 Å². The van der Waals surface area contributed by atoms with Gasteiger partial charge in [-0.2, -0.15) is 9.41 Å². The second-order valence-electron chi connectivity index (χ2n) is 8.45. The molecule has 0 aliphatic heterocycles. The molecule has 0 radical (unpaired) electrons. The van der Waals surface area contributed by atoms with Crippen LogP contribution in [0.5, 0.6) is 0 Å². The summed E-state index contributed by atoms with van der Waals surface area (Å²) in [6.45, 7) is 2.02. The number of nitrogens with zero attached hydrogens (tertiary/aromatic N) is 2. The van der Waals surface area contributed by atoms with E-state index in [2.05, 4.69) is 20.8 Å². The van der Waals surface area contributed by atoms with Gasteiger partial charge in [-0.25, -0.2) is 8.42 Å². The van der Waals surface area contributed by atoms with Crippen LogP contribution in [0.4, 0.5) is 5.69 Å². The highest BCUT2D eigenvalue weighted by molar-refractivity contribution is 7.89. The Kier molecular flexibility index (Phi) is 7.11. The van der Waals surface area contributed by atoms with Crippen LogP contribution < -0.4 is 10.7 Å². The molecular weight excluding hydrogens is 454 g/mol. The third-order valence-electron chi connectivity index (χ3n) is 6.13. The number of rotatable bonds is 6. The first kappa shape index (κ1) is 23.4. The number of benzene rings is 2. The van der Waals surface area contributed by atoms with Crippen LogP contribution in [-0.4, -0.2) is 42.1 Å². The molecule has 2 aromatic carbocycles. The van der Waals surface area contributed by atoms with Gasteiger partial charge >= 0.3 is 0 Å². The van der Waals surface area contributed by atoms with Crippen molar-refractivity contribution in [1.29, 1.82) is 0 Å². The Hall–Kier alpha value is -2.75. The molecule has 0 unspecified atom stereocenters. The zero-order valence-corrected chi connectivity index (χ0v) is 20.5. The molecule has 3 N–H and O–H groups in total. The van der Waals surface area contributed by atoms with Crippen molar-refractivity contribution in [2.45, 2.75) is 50.0 Å². The smallest absolute Gasteiger partial charge is 0.243 e. The highest BCUT2D eigenvalue weighted by atomic mass is 32.2. The minimum atomic E-state index is -3.57. The number of aromatic nitrogens is 1. The maximum Gasteiger partial charge on any atom is 0.243 e. The molecule has 1 aromatic heterocycles. The number of aromatic amines is 1. The van der Waals surface area contributed by atoms with Crippen molar-refractivity contribution in [1.82, 2.24) is 14.7 Å². The van der Waals surface area contributed by atoms with Crippen molar-refractivity contribution in [3.63, 3.8) is 0 Å².